The molecule has 0 spiro atoms. The average molecular weight is 485 g/mol. The number of rotatable bonds is 5. The predicted molar refractivity (Wildman–Crippen MR) is 124 cm³/mol. The zero-order chi connectivity index (χ0) is 24.8. The van der Waals surface area contributed by atoms with Crippen LogP contribution in [-0.4, -0.2) is 54.6 Å². The zero-order valence-corrected chi connectivity index (χ0v) is 19.3. The van der Waals surface area contributed by atoms with Crippen LogP contribution in [-0.2, 0) is 33.4 Å². The van der Waals surface area contributed by atoms with Gasteiger partial charge in [-0.15, -0.1) is 0 Å². The third kappa shape index (κ3) is 4.09. The average Bonchev–Trinajstić information content (AvgIpc) is 3.12. The lowest BCUT2D eigenvalue weighted by atomic mass is 9.70. The molecule has 174 valence electrons. The summed E-state index contributed by atoms with van der Waals surface area (Å²) in [6.07, 6.45) is 0.337. The van der Waals surface area contributed by atoms with Crippen LogP contribution < -0.4 is 5.32 Å². The lowest BCUT2D eigenvalue weighted by Crippen LogP contribution is -2.63. The number of carbonyl (C=O) groups excluding carboxylic acids is 4. The van der Waals surface area contributed by atoms with E-state index in [0.717, 1.165) is 16.9 Å². The van der Waals surface area contributed by atoms with E-state index in [1.54, 1.807) is 26.0 Å². The van der Waals surface area contributed by atoms with Crippen molar-refractivity contribution < 1.29 is 28.0 Å². The van der Waals surface area contributed by atoms with Gasteiger partial charge in [-0.3, -0.25) is 24.5 Å². The maximum Gasteiger partial charge on any atom is 0.348 e. The van der Waals surface area contributed by atoms with Crippen molar-refractivity contribution >= 4 is 51.1 Å². The summed E-state index contributed by atoms with van der Waals surface area (Å²) in [4.78, 5) is 51.8. The summed E-state index contributed by atoms with van der Waals surface area (Å²) in [7, 11) is 2.89. The molecule has 4 rings (SSSR count). The summed E-state index contributed by atoms with van der Waals surface area (Å²) < 4.78 is 29.4. The molecule has 0 aliphatic carbocycles. The SMILES string of the molecule is BN(Cc1ccc2c(c1)CN([C@@]1(B)CCC(=O)NC1=O)C2=O)C(=O)C(F)(F)c1ccc(Cl)cc1. The molecule has 4 amide bonds. The molecule has 1 N–H and O–H groups in total. The number of piperidine rings is 1. The minimum atomic E-state index is -3.73. The summed E-state index contributed by atoms with van der Waals surface area (Å²) in [5.74, 6) is -6.35. The van der Waals surface area contributed by atoms with Gasteiger partial charge in [0, 0.05) is 35.7 Å². The van der Waals surface area contributed by atoms with Gasteiger partial charge in [0.2, 0.25) is 19.8 Å². The van der Waals surface area contributed by atoms with Crippen LogP contribution in [0, 0.1) is 0 Å². The van der Waals surface area contributed by atoms with Gasteiger partial charge in [-0.25, -0.2) is 0 Å². The standard InChI is InChI=1S/C22H20B2ClF2N3O4/c23-21(8-7-17(31)28-19(21)33)29-11-13-9-12(1-6-16(13)18(29)32)10-30(24)20(34)22(26,27)14-2-4-15(25)5-3-14/h1-6,9H,7-8,10-11,23-24H2,(H,28,31,33)/t21-/m0/s1. The van der Waals surface area contributed by atoms with Crippen LogP contribution in [0.3, 0.4) is 0 Å². The fourth-order valence-corrected chi connectivity index (χ4v) is 4.42. The van der Waals surface area contributed by atoms with Crippen LogP contribution in [0.25, 0.3) is 0 Å². The number of amides is 4. The van der Waals surface area contributed by atoms with E-state index in [2.05, 4.69) is 5.32 Å². The Morgan fingerprint density at radius 2 is 1.85 bits per heavy atom. The molecule has 12 heteroatoms. The van der Waals surface area contributed by atoms with Gasteiger partial charge in [-0.2, -0.15) is 8.78 Å². The Labute approximate surface area is 201 Å². The molecule has 1 atom stereocenters. The number of benzene rings is 2. The monoisotopic (exact) mass is 485 g/mol. The number of fused-ring (bicyclic) bond motifs is 1. The highest BCUT2D eigenvalue weighted by Crippen LogP contribution is 2.34. The van der Waals surface area contributed by atoms with Gasteiger partial charge < -0.3 is 9.71 Å². The fourth-order valence-electron chi connectivity index (χ4n) is 4.29. The lowest BCUT2D eigenvalue weighted by Gasteiger charge is -2.39. The Bertz CT molecular complexity index is 1210. The van der Waals surface area contributed by atoms with E-state index in [1.807, 2.05) is 0 Å². The number of nitrogens with zero attached hydrogens (tertiary/aromatic N) is 2. The Balaban J connectivity index is 1.50. The number of imide groups is 1. The predicted octanol–water partition coefficient (Wildman–Crippen LogP) is 0.731. The summed E-state index contributed by atoms with van der Waals surface area (Å²) >= 11 is 5.75. The first-order chi connectivity index (χ1) is 15.9. The molecule has 0 unspecified atom stereocenters. The summed E-state index contributed by atoms with van der Waals surface area (Å²) in [5, 5.41) is 2.57. The van der Waals surface area contributed by atoms with Crippen LogP contribution in [0.15, 0.2) is 42.5 Å². The lowest BCUT2D eigenvalue weighted by molar-refractivity contribution is -0.154. The van der Waals surface area contributed by atoms with Crippen molar-refractivity contribution in [2.45, 2.75) is 37.3 Å². The Hall–Kier alpha value is -3.20. The molecule has 0 saturated carbocycles. The molecule has 34 heavy (non-hydrogen) atoms. The van der Waals surface area contributed by atoms with Crippen molar-refractivity contribution in [1.29, 1.82) is 0 Å². The minimum absolute atomic E-state index is 0.101. The molecule has 2 heterocycles. The van der Waals surface area contributed by atoms with Crippen LogP contribution in [0.2, 0.25) is 5.02 Å². The second-order valence-electron chi connectivity index (χ2n) is 8.78. The molecule has 0 radical (unpaired) electrons. The van der Waals surface area contributed by atoms with E-state index in [1.165, 1.54) is 25.0 Å². The van der Waals surface area contributed by atoms with E-state index < -0.39 is 28.7 Å². The largest absolute Gasteiger partial charge is 0.384 e. The molecule has 2 aromatic rings. The highest BCUT2D eigenvalue weighted by molar-refractivity contribution is 6.32. The molecule has 0 aromatic heterocycles. The first kappa shape index (κ1) is 23.9. The molecule has 2 aliphatic heterocycles. The van der Waals surface area contributed by atoms with Crippen LogP contribution >= 0.6 is 11.6 Å². The first-order valence-electron chi connectivity index (χ1n) is 10.6. The molecule has 2 aliphatic rings. The van der Waals surface area contributed by atoms with Gasteiger partial charge in [0.05, 0.1) is 5.44 Å². The summed E-state index contributed by atoms with van der Waals surface area (Å²) in [6, 6.07) is 9.65. The third-order valence-corrected chi connectivity index (χ3v) is 6.64. The second kappa shape index (κ2) is 8.54. The highest BCUT2D eigenvalue weighted by Gasteiger charge is 2.48. The summed E-state index contributed by atoms with van der Waals surface area (Å²) in [5.41, 5.74) is -0.0442. The quantitative estimate of drug-likeness (QED) is 0.500. The second-order valence-corrected chi connectivity index (χ2v) is 9.21. The third-order valence-electron chi connectivity index (χ3n) is 6.39. The van der Waals surface area contributed by atoms with E-state index in [-0.39, 0.29) is 42.8 Å². The Morgan fingerprint density at radius 3 is 2.50 bits per heavy atom. The smallest absolute Gasteiger partial charge is 0.348 e. The van der Waals surface area contributed by atoms with Crippen molar-refractivity contribution in [3.05, 3.63) is 69.7 Å². The van der Waals surface area contributed by atoms with Gasteiger partial charge >= 0.3 is 5.92 Å². The van der Waals surface area contributed by atoms with Gasteiger partial charge in [0.1, 0.15) is 7.85 Å². The topological polar surface area (TPSA) is 86.8 Å². The molecular formula is C22H20B2ClF2N3O4. The number of carbonyl (C=O) groups is 4. The van der Waals surface area contributed by atoms with E-state index in [0.29, 0.717) is 16.7 Å². The number of hydrogen-bond acceptors (Lipinski definition) is 4. The number of hydrogen-bond donors (Lipinski definition) is 1. The number of alkyl halides is 2. The maximum atomic E-state index is 14.7. The zero-order valence-electron chi connectivity index (χ0n) is 18.5. The molecule has 2 aromatic carbocycles. The normalized spacial score (nSPS) is 20.2. The Kier molecular flexibility index (Phi) is 6.01. The van der Waals surface area contributed by atoms with E-state index in [9.17, 15) is 28.0 Å². The van der Waals surface area contributed by atoms with E-state index in [4.69, 9.17) is 11.6 Å². The van der Waals surface area contributed by atoms with Gasteiger partial charge in [-0.1, -0.05) is 35.9 Å². The van der Waals surface area contributed by atoms with Crippen LogP contribution in [0.5, 0.6) is 0 Å². The number of nitrogens with one attached hydrogen (secondary N) is 1. The van der Waals surface area contributed by atoms with E-state index >= 15 is 0 Å². The highest BCUT2D eigenvalue weighted by atomic mass is 35.5. The van der Waals surface area contributed by atoms with Gasteiger partial charge in [0.25, 0.3) is 11.8 Å². The van der Waals surface area contributed by atoms with Crippen molar-refractivity contribution in [3.63, 3.8) is 0 Å². The van der Waals surface area contributed by atoms with Crippen molar-refractivity contribution in [1.82, 2.24) is 15.0 Å². The fraction of sp³-hybridized carbons (Fsp3) is 0.273. The van der Waals surface area contributed by atoms with Gasteiger partial charge in [0.15, 0.2) is 0 Å². The minimum Gasteiger partial charge on any atom is -0.384 e. The molecule has 7 nitrogen and oxygen atoms in total. The van der Waals surface area contributed by atoms with Crippen LogP contribution in [0.4, 0.5) is 8.78 Å². The molecular weight excluding hydrogens is 465 g/mol. The van der Waals surface area contributed by atoms with Crippen LogP contribution in [0.1, 0.15) is 39.9 Å². The van der Waals surface area contributed by atoms with Gasteiger partial charge in [-0.05, 0) is 35.7 Å². The van der Waals surface area contributed by atoms with Crippen molar-refractivity contribution in [3.8, 4) is 0 Å². The first-order valence-corrected chi connectivity index (χ1v) is 11.0. The molecule has 1 fully saturated rings. The summed E-state index contributed by atoms with van der Waals surface area (Å²) in [6.45, 7) is 0.0362. The number of halogens is 3. The molecule has 1 saturated heterocycles. The maximum absolute atomic E-state index is 14.7. The molecule has 0 bridgehead atoms. The Morgan fingerprint density at radius 1 is 1.18 bits per heavy atom. The van der Waals surface area contributed by atoms with Crippen molar-refractivity contribution in [2.75, 3.05) is 0 Å². The van der Waals surface area contributed by atoms with Crippen molar-refractivity contribution in [2.24, 2.45) is 0 Å².